The molecule has 0 aliphatic rings. The average Bonchev–Trinajstić information content (AvgIpc) is 2.47. The molecule has 21 heavy (non-hydrogen) atoms. The van der Waals surface area contributed by atoms with E-state index in [0.29, 0.717) is 10.9 Å². The molecule has 3 nitrogen and oxygen atoms in total. The van der Waals surface area contributed by atoms with Crippen molar-refractivity contribution in [1.29, 1.82) is 0 Å². The van der Waals surface area contributed by atoms with Crippen LogP contribution in [0.15, 0.2) is 42.5 Å². The Labute approximate surface area is 122 Å². The molecular weight excluding hydrogens is 295 g/mol. The summed E-state index contributed by atoms with van der Waals surface area (Å²) in [6.45, 7) is 1.52. The monoisotopic (exact) mass is 311 g/mol. The maximum Gasteiger partial charge on any atom is 0.228 e. The number of nitrogens with two attached hydrogens (primary N) is 1. The highest BCUT2D eigenvalue weighted by Crippen LogP contribution is 2.40. The van der Waals surface area contributed by atoms with Crippen LogP contribution in [0.5, 0.6) is 0 Å². The third kappa shape index (κ3) is 3.38. The Morgan fingerprint density at radius 1 is 1.14 bits per heavy atom. The molecule has 2 rings (SSSR count). The first-order valence-electron chi connectivity index (χ1n) is 6.29. The molecule has 0 saturated heterocycles. The summed E-state index contributed by atoms with van der Waals surface area (Å²) >= 11 is 0. The zero-order chi connectivity index (χ0) is 15.6. The molecule has 112 valence electrons. The zero-order valence-electron chi connectivity index (χ0n) is 11.7. The molecule has 0 bridgehead atoms. The molecule has 2 N–H and O–H groups in total. The minimum Gasteiger partial charge on any atom is -0.329 e. The number of hydrogen-bond acceptors (Lipinski definition) is 3. The summed E-state index contributed by atoms with van der Waals surface area (Å²) in [5.74, 6) is -1.34. The van der Waals surface area contributed by atoms with Gasteiger partial charge in [-0.15, -0.1) is 0 Å². The van der Waals surface area contributed by atoms with Gasteiger partial charge >= 0.3 is 0 Å². The van der Waals surface area contributed by atoms with Crippen molar-refractivity contribution in [2.75, 3.05) is 13.8 Å². The molecule has 0 saturated carbocycles. The maximum atomic E-state index is 13.7. The van der Waals surface area contributed by atoms with Gasteiger partial charge in [0.1, 0.15) is 11.6 Å². The van der Waals surface area contributed by atoms with Gasteiger partial charge in [-0.1, -0.05) is 18.2 Å². The lowest BCUT2D eigenvalue weighted by atomic mass is 9.99. The van der Waals surface area contributed by atoms with E-state index < -0.39 is 25.0 Å². The highest BCUT2D eigenvalue weighted by molar-refractivity contribution is 7.66. The van der Waals surface area contributed by atoms with E-state index in [1.165, 1.54) is 19.8 Å². The molecule has 2 atom stereocenters. The molecule has 0 fully saturated rings. The van der Waals surface area contributed by atoms with Crippen LogP contribution in [0.1, 0.15) is 17.2 Å². The van der Waals surface area contributed by atoms with Gasteiger partial charge in [0, 0.05) is 30.7 Å². The van der Waals surface area contributed by atoms with Gasteiger partial charge in [0.25, 0.3) is 0 Å². The van der Waals surface area contributed by atoms with E-state index in [2.05, 4.69) is 0 Å². The predicted octanol–water partition coefficient (Wildman–Crippen LogP) is 3.19. The fraction of sp³-hybridized carbons (Fsp3) is 0.200. The molecule has 0 heterocycles. The van der Waals surface area contributed by atoms with E-state index in [4.69, 9.17) is 10.3 Å². The van der Waals surface area contributed by atoms with E-state index in [1.54, 1.807) is 24.3 Å². The standard InChI is InChI=1S/C15H16F2NO2P/c1-20-21(2,19)12-6-3-10(4-7-12)15(18)13-8-5-11(16)9-14(13)17/h3-9,15H,18H2,1-2H3/t15-,21?/m1/s1. The van der Waals surface area contributed by atoms with Crippen LogP contribution in [-0.4, -0.2) is 13.8 Å². The van der Waals surface area contributed by atoms with Crippen molar-refractivity contribution in [3.05, 3.63) is 65.2 Å². The van der Waals surface area contributed by atoms with Crippen LogP contribution >= 0.6 is 7.37 Å². The van der Waals surface area contributed by atoms with Crippen LogP contribution in [0.2, 0.25) is 0 Å². The average molecular weight is 311 g/mol. The van der Waals surface area contributed by atoms with Crippen LogP contribution in [-0.2, 0) is 9.09 Å². The Balaban J connectivity index is 2.32. The summed E-state index contributed by atoms with van der Waals surface area (Å²) in [7, 11) is -1.45. The SMILES string of the molecule is COP(C)(=O)c1ccc([C@@H](N)c2ccc(F)cc2F)cc1. The highest BCUT2D eigenvalue weighted by Gasteiger charge is 2.19. The summed E-state index contributed by atoms with van der Waals surface area (Å²) in [4.78, 5) is 0. The van der Waals surface area contributed by atoms with E-state index >= 15 is 0 Å². The van der Waals surface area contributed by atoms with Gasteiger partial charge in [-0.2, -0.15) is 0 Å². The van der Waals surface area contributed by atoms with Gasteiger partial charge in [-0.05, 0) is 23.8 Å². The fourth-order valence-corrected chi connectivity index (χ4v) is 2.89. The first kappa shape index (κ1) is 15.8. The molecule has 1 unspecified atom stereocenters. The van der Waals surface area contributed by atoms with Crippen LogP contribution < -0.4 is 11.0 Å². The first-order chi connectivity index (χ1) is 9.85. The van der Waals surface area contributed by atoms with Crippen LogP contribution in [0.3, 0.4) is 0 Å². The maximum absolute atomic E-state index is 13.7. The molecule has 2 aromatic carbocycles. The minimum absolute atomic E-state index is 0.204. The molecule has 0 aromatic heterocycles. The van der Waals surface area contributed by atoms with Crippen molar-refractivity contribution in [2.24, 2.45) is 5.73 Å². The number of benzene rings is 2. The smallest absolute Gasteiger partial charge is 0.228 e. The second-order valence-electron chi connectivity index (χ2n) is 4.76. The van der Waals surface area contributed by atoms with E-state index in [1.807, 2.05) is 0 Å². The summed E-state index contributed by atoms with van der Waals surface area (Å²) in [5.41, 5.74) is 6.84. The lowest BCUT2D eigenvalue weighted by molar-refractivity contribution is 0.408. The molecular formula is C15H16F2NO2P. The van der Waals surface area contributed by atoms with Crippen molar-refractivity contribution >= 4 is 12.7 Å². The zero-order valence-corrected chi connectivity index (χ0v) is 12.6. The van der Waals surface area contributed by atoms with Crippen LogP contribution in [0.25, 0.3) is 0 Å². The molecule has 2 aromatic rings. The summed E-state index contributed by atoms with van der Waals surface area (Å²) < 4.78 is 43.7. The van der Waals surface area contributed by atoms with Crippen molar-refractivity contribution in [3.63, 3.8) is 0 Å². The van der Waals surface area contributed by atoms with E-state index in [9.17, 15) is 13.3 Å². The van der Waals surface area contributed by atoms with E-state index in [0.717, 1.165) is 12.1 Å². The van der Waals surface area contributed by atoms with Gasteiger partial charge in [0.05, 0.1) is 6.04 Å². The first-order valence-corrected chi connectivity index (χ1v) is 8.36. The summed E-state index contributed by atoms with van der Waals surface area (Å²) in [5, 5.41) is 0.556. The van der Waals surface area contributed by atoms with Gasteiger partial charge < -0.3 is 10.3 Å². The molecule has 0 radical (unpaired) electrons. The predicted molar refractivity (Wildman–Crippen MR) is 79.0 cm³/mol. The van der Waals surface area contributed by atoms with Gasteiger partial charge in [-0.3, -0.25) is 4.57 Å². The Bertz CT molecular complexity index is 689. The third-order valence-electron chi connectivity index (χ3n) is 3.37. The molecule has 0 aliphatic carbocycles. The molecule has 0 amide bonds. The fourth-order valence-electron chi connectivity index (χ4n) is 1.99. The number of hydrogen-bond donors (Lipinski definition) is 1. The third-order valence-corrected chi connectivity index (χ3v) is 5.30. The largest absolute Gasteiger partial charge is 0.329 e. The Morgan fingerprint density at radius 2 is 1.76 bits per heavy atom. The lowest BCUT2D eigenvalue weighted by Crippen LogP contribution is -2.15. The second-order valence-corrected chi connectivity index (χ2v) is 7.34. The molecule has 0 spiro atoms. The molecule has 0 aliphatic heterocycles. The normalized spacial score (nSPS) is 15.5. The van der Waals surface area contributed by atoms with Crippen LogP contribution in [0, 0.1) is 11.6 Å². The second kappa shape index (κ2) is 6.06. The van der Waals surface area contributed by atoms with Crippen LogP contribution in [0.4, 0.5) is 8.78 Å². The van der Waals surface area contributed by atoms with Gasteiger partial charge in [0.2, 0.25) is 7.37 Å². The number of halogens is 2. The quantitative estimate of drug-likeness (QED) is 0.882. The van der Waals surface area contributed by atoms with Gasteiger partial charge in [0.15, 0.2) is 0 Å². The van der Waals surface area contributed by atoms with Crippen molar-refractivity contribution in [2.45, 2.75) is 6.04 Å². The topological polar surface area (TPSA) is 52.3 Å². The Hall–Kier alpha value is -1.55. The Kier molecular flexibility index (Phi) is 4.57. The van der Waals surface area contributed by atoms with E-state index in [-0.39, 0.29) is 5.56 Å². The number of rotatable bonds is 4. The lowest BCUT2D eigenvalue weighted by Gasteiger charge is -2.15. The Morgan fingerprint density at radius 3 is 2.29 bits per heavy atom. The van der Waals surface area contributed by atoms with Crippen molar-refractivity contribution in [1.82, 2.24) is 0 Å². The summed E-state index contributed by atoms with van der Waals surface area (Å²) in [6, 6.07) is 9.17. The molecule has 6 heteroatoms. The van der Waals surface area contributed by atoms with Crippen molar-refractivity contribution in [3.8, 4) is 0 Å². The highest BCUT2D eigenvalue weighted by atomic mass is 31.2. The minimum atomic E-state index is -2.83. The van der Waals surface area contributed by atoms with Crippen molar-refractivity contribution < 1.29 is 17.9 Å². The summed E-state index contributed by atoms with van der Waals surface area (Å²) in [6.07, 6.45) is 0. The van der Waals surface area contributed by atoms with Gasteiger partial charge in [-0.25, -0.2) is 8.78 Å².